The molecule has 0 aliphatic carbocycles. The number of carboxylic acids is 3. The van der Waals surface area contributed by atoms with Crippen LogP contribution >= 0.6 is 0 Å². The second-order valence-corrected chi connectivity index (χ2v) is 5.48. The van der Waals surface area contributed by atoms with Crippen molar-refractivity contribution in [3.05, 3.63) is 0 Å². The molecule has 0 rings (SSSR count). The average molecular weight is 316 g/mol. The Morgan fingerprint density at radius 2 is 1.00 bits per heavy atom. The van der Waals surface area contributed by atoms with E-state index in [4.69, 9.17) is 44.1 Å². The van der Waals surface area contributed by atoms with Gasteiger partial charge in [0, 0.05) is 26.8 Å². The van der Waals surface area contributed by atoms with Crippen LogP contribution in [-0.2, 0) is 14.4 Å². The maximum Gasteiger partial charge on any atom is 0.492 e. The third-order valence-electron chi connectivity index (χ3n) is 0.866. The van der Waals surface area contributed by atoms with Gasteiger partial charge in [0.2, 0.25) is 0 Å². The lowest BCUT2D eigenvalue weighted by Crippen LogP contribution is -2.33. The van der Waals surface area contributed by atoms with E-state index in [9.17, 15) is 0 Å². The van der Waals surface area contributed by atoms with Gasteiger partial charge in [-0.05, 0) is 6.42 Å². The molecule has 10 heteroatoms. The highest BCUT2D eigenvalue weighted by atomic mass is 28.4. The molecule has 0 aliphatic rings. The highest BCUT2D eigenvalue weighted by molar-refractivity contribution is 6.56. The third kappa shape index (κ3) is 323. The minimum Gasteiger partial charge on any atom is -0.481 e. The van der Waals surface area contributed by atoms with Gasteiger partial charge in [-0.1, -0.05) is 13.3 Å². The van der Waals surface area contributed by atoms with Crippen LogP contribution in [0.3, 0.4) is 0 Å². The number of unbranched alkanes of at least 4 members (excludes halogenated alkanes) is 1. The molecule has 0 amide bonds. The molecule has 122 valence electrons. The van der Waals surface area contributed by atoms with Crippen molar-refractivity contribution in [2.45, 2.75) is 46.6 Å². The number of carboxylic acid groups (broad SMARTS) is 3. The van der Waals surface area contributed by atoms with Crippen LogP contribution in [0, 0.1) is 0 Å². The quantitative estimate of drug-likeness (QED) is 0.391. The first-order valence-corrected chi connectivity index (χ1v) is 7.56. The smallest absolute Gasteiger partial charge is 0.481 e. The average Bonchev–Trinajstić information content (AvgIpc) is 2.10. The van der Waals surface area contributed by atoms with Gasteiger partial charge in [-0.15, -0.1) is 0 Å². The summed E-state index contributed by atoms with van der Waals surface area (Å²) in [5, 5.41) is 22.2. The van der Waals surface area contributed by atoms with Crippen molar-refractivity contribution >= 4 is 26.7 Å². The van der Waals surface area contributed by atoms with Crippen LogP contribution in [0.5, 0.6) is 0 Å². The molecular formula is C10H24O9Si. The van der Waals surface area contributed by atoms with Crippen LogP contribution in [0.15, 0.2) is 0 Å². The van der Waals surface area contributed by atoms with Crippen LogP contribution in [-0.4, -0.2) is 56.4 Å². The van der Waals surface area contributed by atoms with Crippen molar-refractivity contribution in [2.75, 3.05) is 0 Å². The van der Waals surface area contributed by atoms with Crippen molar-refractivity contribution in [2.24, 2.45) is 0 Å². The molecule has 0 heterocycles. The van der Waals surface area contributed by atoms with E-state index in [1.165, 1.54) is 0 Å². The normalized spacial score (nSPS) is 8.55. The van der Waals surface area contributed by atoms with Crippen LogP contribution in [0.4, 0.5) is 0 Å². The van der Waals surface area contributed by atoms with E-state index < -0.39 is 26.7 Å². The Balaban J connectivity index is -0.0000000917. The van der Waals surface area contributed by atoms with Crippen LogP contribution in [0.2, 0.25) is 6.04 Å². The zero-order valence-electron chi connectivity index (χ0n) is 12.0. The maximum absolute atomic E-state index is 9.00. The minimum absolute atomic E-state index is 0.170. The SMILES string of the molecule is CC(=O)O.CC(=O)O.CC(=O)O.CCCC[Si](O)(O)O. The van der Waals surface area contributed by atoms with Gasteiger partial charge in [0.05, 0.1) is 0 Å². The Kier molecular flexibility index (Phi) is 23.6. The molecule has 0 saturated heterocycles. The molecule has 9 nitrogen and oxygen atoms in total. The zero-order chi connectivity index (χ0) is 17.4. The monoisotopic (exact) mass is 316 g/mol. The molecule has 0 aliphatic heterocycles. The number of carbonyl (C=O) groups is 3. The van der Waals surface area contributed by atoms with Crippen LogP contribution < -0.4 is 0 Å². The number of rotatable bonds is 3. The Morgan fingerprint density at radius 3 is 1.05 bits per heavy atom. The molecule has 0 unspecified atom stereocenters. The second-order valence-electron chi connectivity index (χ2n) is 3.43. The summed E-state index contributed by atoms with van der Waals surface area (Å²) in [6.45, 7) is 5.18. The minimum atomic E-state index is -3.68. The highest BCUT2D eigenvalue weighted by Gasteiger charge is 2.24. The Labute approximate surface area is 118 Å². The summed E-state index contributed by atoms with van der Waals surface area (Å²) in [5.74, 6) is -2.50. The van der Waals surface area contributed by atoms with Gasteiger partial charge in [0.15, 0.2) is 0 Å². The summed E-state index contributed by atoms with van der Waals surface area (Å²) >= 11 is 0. The van der Waals surface area contributed by atoms with Gasteiger partial charge in [0.25, 0.3) is 17.9 Å². The molecule has 0 saturated carbocycles. The van der Waals surface area contributed by atoms with Crippen molar-refractivity contribution < 1.29 is 44.1 Å². The van der Waals surface area contributed by atoms with E-state index in [0.29, 0.717) is 6.42 Å². The first-order valence-electron chi connectivity index (χ1n) is 5.51. The van der Waals surface area contributed by atoms with Crippen LogP contribution in [0.25, 0.3) is 0 Å². The number of aliphatic carboxylic acids is 3. The van der Waals surface area contributed by atoms with Gasteiger partial charge in [-0.2, -0.15) is 0 Å². The van der Waals surface area contributed by atoms with E-state index >= 15 is 0 Å². The third-order valence-corrected chi connectivity index (χ3v) is 1.89. The fourth-order valence-corrected chi connectivity index (χ4v) is 1.24. The van der Waals surface area contributed by atoms with Gasteiger partial charge < -0.3 is 29.7 Å². The van der Waals surface area contributed by atoms with Gasteiger partial charge in [-0.3, -0.25) is 14.4 Å². The van der Waals surface area contributed by atoms with E-state index in [1.54, 1.807) is 0 Å². The van der Waals surface area contributed by atoms with Crippen molar-refractivity contribution in [3.8, 4) is 0 Å². The molecular weight excluding hydrogens is 292 g/mol. The summed E-state index contributed by atoms with van der Waals surface area (Å²) in [7, 11) is -3.68. The first-order chi connectivity index (χ1) is 8.76. The predicted molar refractivity (Wildman–Crippen MR) is 72.1 cm³/mol. The Bertz CT molecular complexity index is 219. The van der Waals surface area contributed by atoms with E-state index in [1.807, 2.05) is 6.92 Å². The Morgan fingerprint density at radius 1 is 0.800 bits per heavy atom. The van der Waals surface area contributed by atoms with Crippen molar-refractivity contribution in [1.82, 2.24) is 0 Å². The van der Waals surface area contributed by atoms with Crippen LogP contribution in [0.1, 0.15) is 40.5 Å². The van der Waals surface area contributed by atoms with E-state index in [2.05, 4.69) is 0 Å². The largest absolute Gasteiger partial charge is 0.492 e. The lowest BCUT2D eigenvalue weighted by Gasteiger charge is -2.06. The molecule has 0 aromatic carbocycles. The highest BCUT2D eigenvalue weighted by Crippen LogP contribution is 2.02. The summed E-state index contributed by atoms with van der Waals surface area (Å²) in [4.78, 5) is 52.2. The van der Waals surface area contributed by atoms with E-state index in [-0.39, 0.29) is 6.04 Å². The van der Waals surface area contributed by atoms with Gasteiger partial charge >= 0.3 is 8.80 Å². The fourth-order valence-electron chi connectivity index (χ4n) is 0.414. The van der Waals surface area contributed by atoms with Crippen molar-refractivity contribution in [1.29, 1.82) is 0 Å². The molecule has 0 bridgehead atoms. The summed E-state index contributed by atoms with van der Waals surface area (Å²) in [6.07, 6.45) is 1.58. The number of hydrogen-bond acceptors (Lipinski definition) is 6. The summed E-state index contributed by atoms with van der Waals surface area (Å²) in [6, 6.07) is 0.170. The molecule has 0 aromatic rings. The van der Waals surface area contributed by atoms with Crippen molar-refractivity contribution in [3.63, 3.8) is 0 Å². The van der Waals surface area contributed by atoms with E-state index in [0.717, 1.165) is 27.2 Å². The van der Waals surface area contributed by atoms with Gasteiger partial charge in [0.1, 0.15) is 0 Å². The lowest BCUT2D eigenvalue weighted by atomic mass is 10.4. The molecule has 0 aromatic heterocycles. The standard InChI is InChI=1S/C4H12O3Si.3C2H4O2/c1-2-3-4-8(5,6)7;3*1-2(3)4/h5-7H,2-4H2,1H3;3*1H3,(H,3,4). The Hall–Kier alpha value is -1.49. The summed E-state index contributed by atoms with van der Waals surface area (Å²) in [5.41, 5.74) is 0. The maximum atomic E-state index is 9.00. The molecule has 0 spiro atoms. The topological polar surface area (TPSA) is 173 Å². The molecule has 0 radical (unpaired) electrons. The molecule has 20 heavy (non-hydrogen) atoms. The second kappa shape index (κ2) is 17.5. The summed E-state index contributed by atoms with van der Waals surface area (Å²) < 4.78 is 0. The first kappa shape index (κ1) is 27.0. The number of hydrogen-bond donors (Lipinski definition) is 6. The fraction of sp³-hybridized carbons (Fsp3) is 0.700. The predicted octanol–water partition coefficient (Wildman–Crippen LogP) is -0.0250. The lowest BCUT2D eigenvalue weighted by molar-refractivity contribution is -0.135. The molecule has 0 atom stereocenters. The molecule has 6 N–H and O–H groups in total. The van der Waals surface area contributed by atoms with Gasteiger partial charge in [-0.25, -0.2) is 0 Å². The zero-order valence-corrected chi connectivity index (χ0v) is 13.0. The molecule has 0 fully saturated rings.